The first-order valence-electron chi connectivity index (χ1n) is 5.88. The fraction of sp³-hybridized carbons (Fsp3) is 0.538. The van der Waals surface area contributed by atoms with Crippen molar-refractivity contribution in [2.24, 2.45) is 11.1 Å². The fourth-order valence-electron chi connectivity index (χ4n) is 2.35. The summed E-state index contributed by atoms with van der Waals surface area (Å²) in [5.41, 5.74) is 6.48. The van der Waals surface area contributed by atoms with Crippen molar-refractivity contribution in [1.82, 2.24) is 0 Å². The quantitative estimate of drug-likeness (QED) is 0.904. The van der Waals surface area contributed by atoms with Gasteiger partial charge in [0, 0.05) is 13.2 Å². The summed E-state index contributed by atoms with van der Waals surface area (Å²) in [5, 5.41) is 0.182. The van der Waals surface area contributed by atoms with Crippen LogP contribution in [0.5, 0.6) is 0 Å². The number of halogens is 2. The predicted octanol–water partition coefficient (Wildman–Crippen LogP) is 2.78. The van der Waals surface area contributed by atoms with Gasteiger partial charge >= 0.3 is 0 Å². The van der Waals surface area contributed by atoms with Crippen molar-refractivity contribution in [3.05, 3.63) is 34.6 Å². The Labute approximate surface area is 106 Å². The highest BCUT2D eigenvalue weighted by Crippen LogP contribution is 2.34. The molecule has 0 unspecified atom stereocenters. The second kappa shape index (κ2) is 5.34. The summed E-state index contributed by atoms with van der Waals surface area (Å²) < 4.78 is 19.2. The highest BCUT2D eigenvalue weighted by molar-refractivity contribution is 6.30. The van der Waals surface area contributed by atoms with Gasteiger partial charge in [0.1, 0.15) is 5.82 Å². The monoisotopic (exact) mass is 257 g/mol. The van der Waals surface area contributed by atoms with Crippen molar-refractivity contribution in [2.75, 3.05) is 19.8 Å². The lowest BCUT2D eigenvalue weighted by Crippen LogP contribution is -2.38. The standard InChI is InChI=1S/C13H17ClFNO/c14-11-3-1-2-10(12(11)15)8-13(9-16)4-6-17-7-5-13/h1-3H,4-9,16H2. The highest BCUT2D eigenvalue weighted by Gasteiger charge is 2.32. The van der Waals surface area contributed by atoms with Crippen LogP contribution in [0.2, 0.25) is 5.02 Å². The van der Waals surface area contributed by atoms with Gasteiger partial charge in [-0.3, -0.25) is 0 Å². The Bertz CT molecular complexity index is 391. The molecule has 0 bridgehead atoms. The van der Waals surface area contributed by atoms with E-state index in [1.165, 1.54) is 0 Å². The number of hydrogen-bond donors (Lipinski definition) is 1. The number of hydrogen-bond acceptors (Lipinski definition) is 2. The molecule has 1 aliphatic rings. The van der Waals surface area contributed by atoms with Gasteiger partial charge in [-0.05, 0) is 42.9 Å². The van der Waals surface area contributed by atoms with Crippen molar-refractivity contribution in [1.29, 1.82) is 0 Å². The zero-order chi connectivity index (χ0) is 12.3. The summed E-state index contributed by atoms with van der Waals surface area (Å²) in [6, 6.07) is 5.14. The van der Waals surface area contributed by atoms with Crippen LogP contribution in [-0.4, -0.2) is 19.8 Å². The van der Waals surface area contributed by atoms with Gasteiger partial charge in [-0.25, -0.2) is 4.39 Å². The molecule has 1 aliphatic heterocycles. The third-order valence-corrected chi connectivity index (χ3v) is 3.88. The molecule has 1 saturated heterocycles. The van der Waals surface area contributed by atoms with Gasteiger partial charge in [0.05, 0.1) is 5.02 Å². The maximum atomic E-state index is 13.9. The minimum absolute atomic E-state index is 0.0379. The summed E-state index contributed by atoms with van der Waals surface area (Å²) in [4.78, 5) is 0. The molecule has 0 radical (unpaired) electrons. The topological polar surface area (TPSA) is 35.2 Å². The van der Waals surface area contributed by atoms with Gasteiger partial charge in [0.25, 0.3) is 0 Å². The first-order valence-corrected chi connectivity index (χ1v) is 6.25. The van der Waals surface area contributed by atoms with E-state index in [0.29, 0.717) is 31.7 Å². The predicted molar refractivity (Wildman–Crippen MR) is 66.7 cm³/mol. The van der Waals surface area contributed by atoms with E-state index in [9.17, 15) is 4.39 Å². The van der Waals surface area contributed by atoms with Crippen LogP contribution in [-0.2, 0) is 11.2 Å². The summed E-state index contributed by atoms with van der Waals surface area (Å²) in [5.74, 6) is -0.312. The number of nitrogens with two attached hydrogens (primary N) is 1. The number of rotatable bonds is 3. The Morgan fingerprint density at radius 1 is 1.35 bits per heavy atom. The van der Waals surface area contributed by atoms with Crippen molar-refractivity contribution in [3.63, 3.8) is 0 Å². The van der Waals surface area contributed by atoms with Crippen LogP contribution < -0.4 is 5.73 Å². The van der Waals surface area contributed by atoms with Crippen molar-refractivity contribution < 1.29 is 9.13 Å². The summed E-state index contributed by atoms with van der Waals surface area (Å²) >= 11 is 5.79. The summed E-state index contributed by atoms with van der Waals surface area (Å²) in [6.07, 6.45) is 2.41. The normalized spacial score (nSPS) is 19.2. The minimum Gasteiger partial charge on any atom is -0.381 e. The van der Waals surface area contributed by atoms with Crippen molar-refractivity contribution in [2.45, 2.75) is 19.3 Å². The molecule has 1 aromatic rings. The Morgan fingerprint density at radius 2 is 2.06 bits per heavy atom. The van der Waals surface area contributed by atoms with Crippen LogP contribution in [0.4, 0.5) is 4.39 Å². The molecule has 0 aliphatic carbocycles. The van der Waals surface area contributed by atoms with E-state index in [1.807, 2.05) is 0 Å². The zero-order valence-electron chi connectivity index (χ0n) is 9.72. The Kier molecular flexibility index (Phi) is 4.02. The van der Waals surface area contributed by atoms with E-state index in [4.69, 9.17) is 22.1 Å². The molecule has 1 heterocycles. The Hall–Kier alpha value is -0.640. The molecule has 4 heteroatoms. The zero-order valence-corrected chi connectivity index (χ0v) is 10.5. The van der Waals surface area contributed by atoms with E-state index >= 15 is 0 Å². The third-order valence-electron chi connectivity index (χ3n) is 3.58. The first kappa shape index (κ1) is 12.8. The van der Waals surface area contributed by atoms with E-state index in [0.717, 1.165) is 12.8 Å². The molecule has 0 spiro atoms. The highest BCUT2D eigenvalue weighted by atomic mass is 35.5. The van der Waals surface area contributed by atoms with Gasteiger partial charge in [0.15, 0.2) is 0 Å². The van der Waals surface area contributed by atoms with Crippen LogP contribution in [0.25, 0.3) is 0 Å². The average Bonchev–Trinajstić information content (AvgIpc) is 2.36. The smallest absolute Gasteiger partial charge is 0.144 e. The van der Waals surface area contributed by atoms with E-state index in [-0.39, 0.29) is 16.3 Å². The Balaban J connectivity index is 2.20. The van der Waals surface area contributed by atoms with Crippen LogP contribution in [0.15, 0.2) is 18.2 Å². The molecule has 0 atom stereocenters. The fourth-order valence-corrected chi connectivity index (χ4v) is 2.54. The van der Waals surface area contributed by atoms with Crippen LogP contribution >= 0.6 is 11.6 Å². The second-order valence-corrected chi connectivity index (χ2v) is 5.11. The van der Waals surface area contributed by atoms with Crippen LogP contribution in [0.3, 0.4) is 0 Å². The molecule has 0 saturated carbocycles. The molecule has 2 rings (SSSR count). The van der Waals surface area contributed by atoms with Gasteiger partial charge < -0.3 is 10.5 Å². The molecule has 1 aromatic carbocycles. The Morgan fingerprint density at radius 3 is 2.71 bits per heavy atom. The lowest BCUT2D eigenvalue weighted by Gasteiger charge is -2.36. The van der Waals surface area contributed by atoms with Crippen molar-refractivity contribution in [3.8, 4) is 0 Å². The third kappa shape index (κ3) is 2.79. The minimum atomic E-state index is -0.312. The van der Waals surface area contributed by atoms with Gasteiger partial charge in [-0.1, -0.05) is 23.7 Å². The molecular weight excluding hydrogens is 241 g/mol. The molecule has 94 valence electrons. The van der Waals surface area contributed by atoms with Crippen LogP contribution in [0, 0.1) is 11.2 Å². The molecule has 2 N–H and O–H groups in total. The molecule has 1 fully saturated rings. The molecule has 0 aromatic heterocycles. The van der Waals surface area contributed by atoms with Gasteiger partial charge in [-0.15, -0.1) is 0 Å². The lowest BCUT2D eigenvalue weighted by atomic mass is 9.75. The average molecular weight is 258 g/mol. The molecular formula is C13H17ClFNO. The lowest BCUT2D eigenvalue weighted by molar-refractivity contribution is 0.0187. The molecule has 2 nitrogen and oxygen atoms in total. The summed E-state index contributed by atoms with van der Waals surface area (Å²) in [6.45, 7) is 1.97. The van der Waals surface area contributed by atoms with E-state index in [1.54, 1.807) is 18.2 Å². The van der Waals surface area contributed by atoms with Gasteiger partial charge in [-0.2, -0.15) is 0 Å². The number of ether oxygens (including phenoxy) is 1. The molecule has 17 heavy (non-hydrogen) atoms. The first-order chi connectivity index (χ1) is 8.17. The summed E-state index contributed by atoms with van der Waals surface area (Å²) in [7, 11) is 0. The van der Waals surface area contributed by atoms with E-state index in [2.05, 4.69) is 0 Å². The van der Waals surface area contributed by atoms with E-state index < -0.39 is 0 Å². The SMILES string of the molecule is NCC1(Cc2cccc(Cl)c2F)CCOCC1. The maximum absolute atomic E-state index is 13.9. The largest absolute Gasteiger partial charge is 0.381 e. The van der Waals surface area contributed by atoms with Crippen LogP contribution in [0.1, 0.15) is 18.4 Å². The molecule has 0 amide bonds. The number of benzene rings is 1. The van der Waals surface area contributed by atoms with Crippen molar-refractivity contribution >= 4 is 11.6 Å². The maximum Gasteiger partial charge on any atom is 0.144 e. The van der Waals surface area contributed by atoms with Gasteiger partial charge in [0.2, 0.25) is 0 Å². The second-order valence-electron chi connectivity index (χ2n) is 4.71.